The van der Waals surface area contributed by atoms with Crippen molar-refractivity contribution in [2.24, 2.45) is 5.73 Å². The topological polar surface area (TPSA) is 68.3 Å². The molecule has 0 radical (unpaired) electrons. The molecule has 4 nitrogen and oxygen atoms in total. The smallest absolute Gasteiger partial charge is 0.225 e. The molecular weight excluding hydrogens is 276 g/mol. The first-order chi connectivity index (χ1) is 10.5. The molecule has 1 aliphatic rings. The van der Waals surface area contributed by atoms with E-state index in [1.807, 2.05) is 6.07 Å². The quantitative estimate of drug-likeness (QED) is 0.912. The molecule has 0 saturated heterocycles. The monoisotopic (exact) mass is 300 g/mol. The van der Waals surface area contributed by atoms with Crippen LogP contribution in [0.15, 0.2) is 22.8 Å². The third-order valence-corrected chi connectivity index (χ3v) is 4.98. The molecule has 0 bridgehead atoms. The van der Waals surface area contributed by atoms with Gasteiger partial charge in [-0.1, -0.05) is 12.8 Å². The molecule has 118 valence electrons. The van der Waals surface area contributed by atoms with E-state index >= 15 is 0 Å². The van der Waals surface area contributed by atoms with Gasteiger partial charge in [0, 0.05) is 17.5 Å². The molecule has 3 rings (SSSR count). The summed E-state index contributed by atoms with van der Waals surface area (Å²) in [6.45, 7) is 4.66. The van der Waals surface area contributed by atoms with Crippen LogP contribution >= 0.6 is 0 Å². The maximum Gasteiger partial charge on any atom is 0.225 e. The first-order valence-electron chi connectivity index (χ1n) is 8.01. The predicted molar refractivity (Wildman–Crippen MR) is 87.8 cm³/mol. The minimum Gasteiger partial charge on any atom is -0.464 e. The number of amides is 1. The molecule has 4 heteroatoms. The van der Waals surface area contributed by atoms with E-state index < -0.39 is 0 Å². The Morgan fingerprint density at radius 3 is 2.64 bits per heavy atom. The normalized spacial score (nSPS) is 17.0. The molecule has 1 saturated carbocycles. The fraction of sp³-hybridized carbons (Fsp3) is 0.500. The number of nitrogens with one attached hydrogen (secondary N) is 1. The molecule has 1 aromatic heterocycles. The molecule has 3 N–H and O–H groups in total. The van der Waals surface area contributed by atoms with Gasteiger partial charge in [0.05, 0.1) is 18.2 Å². The number of rotatable bonds is 4. The molecular formula is C18H24N2O2. The predicted octanol–water partition coefficient (Wildman–Crippen LogP) is 2.98. The number of fused-ring (bicyclic) bond motifs is 1. The second-order valence-electron chi connectivity index (χ2n) is 6.61. The van der Waals surface area contributed by atoms with E-state index in [1.54, 1.807) is 6.26 Å². The molecule has 0 aliphatic heterocycles. The van der Waals surface area contributed by atoms with Crippen LogP contribution in [0.1, 0.15) is 42.4 Å². The van der Waals surface area contributed by atoms with Gasteiger partial charge >= 0.3 is 0 Å². The largest absolute Gasteiger partial charge is 0.464 e. The summed E-state index contributed by atoms with van der Waals surface area (Å²) in [6, 6.07) is 4.13. The van der Waals surface area contributed by atoms with Crippen molar-refractivity contribution in [3.8, 4) is 0 Å². The van der Waals surface area contributed by atoms with Crippen LogP contribution in [0, 0.1) is 13.8 Å². The minimum atomic E-state index is -0.191. The number of hydrogen-bond acceptors (Lipinski definition) is 3. The third-order valence-electron chi connectivity index (χ3n) is 4.98. The highest BCUT2D eigenvalue weighted by Gasteiger charge is 2.33. The Kier molecular flexibility index (Phi) is 3.96. The highest BCUT2D eigenvalue weighted by Crippen LogP contribution is 2.29. The van der Waals surface area contributed by atoms with E-state index in [0.29, 0.717) is 13.0 Å². The number of nitrogens with two attached hydrogens (primary N) is 1. The van der Waals surface area contributed by atoms with Gasteiger partial charge in [0.2, 0.25) is 5.91 Å². The molecule has 0 unspecified atom stereocenters. The molecule has 1 heterocycles. The van der Waals surface area contributed by atoms with Crippen molar-refractivity contribution in [3.63, 3.8) is 0 Å². The number of furan rings is 1. The summed E-state index contributed by atoms with van der Waals surface area (Å²) in [6.07, 6.45) is 6.30. The van der Waals surface area contributed by atoms with Crippen LogP contribution in [0.4, 0.5) is 0 Å². The molecule has 22 heavy (non-hydrogen) atoms. The van der Waals surface area contributed by atoms with Crippen LogP contribution < -0.4 is 11.1 Å². The summed E-state index contributed by atoms with van der Waals surface area (Å²) in [5.74, 6) is 0.0354. The Balaban J connectivity index is 1.78. The van der Waals surface area contributed by atoms with Gasteiger partial charge in [0.15, 0.2) is 0 Å². The summed E-state index contributed by atoms with van der Waals surface area (Å²) in [5, 5.41) is 4.20. The van der Waals surface area contributed by atoms with E-state index in [4.69, 9.17) is 10.2 Å². The van der Waals surface area contributed by atoms with Crippen LogP contribution in [-0.2, 0) is 11.2 Å². The Labute approximate surface area is 131 Å². The van der Waals surface area contributed by atoms with Gasteiger partial charge in [-0.15, -0.1) is 0 Å². The fourth-order valence-corrected chi connectivity index (χ4v) is 3.42. The lowest BCUT2D eigenvalue weighted by Gasteiger charge is -2.28. The molecule has 1 aliphatic carbocycles. The van der Waals surface area contributed by atoms with Crippen LogP contribution in [-0.4, -0.2) is 18.0 Å². The van der Waals surface area contributed by atoms with Crippen molar-refractivity contribution in [2.75, 3.05) is 6.54 Å². The van der Waals surface area contributed by atoms with Crippen LogP contribution in [0.25, 0.3) is 11.0 Å². The lowest BCUT2D eigenvalue weighted by atomic mass is 9.97. The first-order valence-corrected chi connectivity index (χ1v) is 8.01. The zero-order valence-corrected chi connectivity index (χ0v) is 13.4. The van der Waals surface area contributed by atoms with Gasteiger partial charge < -0.3 is 15.5 Å². The van der Waals surface area contributed by atoms with E-state index in [1.165, 1.54) is 11.1 Å². The van der Waals surface area contributed by atoms with E-state index in [2.05, 4.69) is 25.2 Å². The molecule has 1 fully saturated rings. The Morgan fingerprint density at radius 2 is 1.95 bits per heavy atom. The van der Waals surface area contributed by atoms with Crippen molar-refractivity contribution in [3.05, 3.63) is 35.1 Å². The summed E-state index contributed by atoms with van der Waals surface area (Å²) in [4.78, 5) is 12.4. The summed E-state index contributed by atoms with van der Waals surface area (Å²) < 4.78 is 5.60. The van der Waals surface area contributed by atoms with Crippen molar-refractivity contribution in [1.82, 2.24) is 5.32 Å². The van der Waals surface area contributed by atoms with Gasteiger partial charge in [0.1, 0.15) is 5.58 Å². The highest BCUT2D eigenvalue weighted by atomic mass is 16.3. The third kappa shape index (κ3) is 2.75. The number of carbonyl (C=O) groups excluding carboxylic acids is 1. The molecule has 2 aromatic rings. The lowest BCUT2D eigenvalue weighted by Crippen LogP contribution is -2.52. The second-order valence-corrected chi connectivity index (χ2v) is 6.61. The van der Waals surface area contributed by atoms with Gasteiger partial charge in [-0.2, -0.15) is 0 Å². The zero-order valence-electron chi connectivity index (χ0n) is 13.4. The van der Waals surface area contributed by atoms with Gasteiger partial charge in [-0.05, 0) is 49.9 Å². The number of aryl methyl sites for hydroxylation is 2. The zero-order chi connectivity index (χ0) is 15.7. The van der Waals surface area contributed by atoms with Crippen LogP contribution in [0.2, 0.25) is 0 Å². The maximum absolute atomic E-state index is 12.4. The average molecular weight is 300 g/mol. The number of hydrogen-bond donors (Lipinski definition) is 2. The SMILES string of the molecule is Cc1cc2occ(CC(=O)NC3(CN)CCCC3)c2cc1C. The Morgan fingerprint density at radius 1 is 1.27 bits per heavy atom. The Hall–Kier alpha value is -1.81. The van der Waals surface area contributed by atoms with Gasteiger partial charge in [-0.25, -0.2) is 0 Å². The average Bonchev–Trinajstić information content (AvgIpc) is 3.09. The summed E-state index contributed by atoms with van der Waals surface area (Å²) in [7, 11) is 0. The fourth-order valence-electron chi connectivity index (χ4n) is 3.42. The van der Waals surface area contributed by atoms with Crippen molar-refractivity contribution in [2.45, 2.75) is 51.5 Å². The molecule has 1 aromatic carbocycles. The standard InChI is InChI=1S/C18H24N2O2/c1-12-7-15-14(10-22-16(15)8-13(12)2)9-17(21)20-18(11-19)5-3-4-6-18/h7-8,10H,3-6,9,11,19H2,1-2H3,(H,20,21). The van der Waals surface area contributed by atoms with Gasteiger partial charge in [-0.3, -0.25) is 4.79 Å². The van der Waals surface area contributed by atoms with Crippen molar-refractivity contribution >= 4 is 16.9 Å². The maximum atomic E-state index is 12.4. The highest BCUT2D eigenvalue weighted by molar-refractivity contribution is 5.88. The molecule has 1 amide bonds. The first kappa shape index (κ1) is 15.1. The Bertz CT molecular complexity index is 696. The van der Waals surface area contributed by atoms with Gasteiger partial charge in [0.25, 0.3) is 0 Å². The number of benzene rings is 1. The lowest BCUT2D eigenvalue weighted by molar-refractivity contribution is -0.122. The van der Waals surface area contributed by atoms with Crippen molar-refractivity contribution in [1.29, 1.82) is 0 Å². The summed E-state index contributed by atoms with van der Waals surface area (Å²) in [5.41, 5.74) is 9.90. The van der Waals surface area contributed by atoms with E-state index in [0.717, 1.165) is 42.2 Å². The van der Waals surface area contributed by atoms with E-state index in [-0.39, 0.29) is 11.4 Å². The second kappa shape index (κ2) is 5.76. The minimum absolute atomic E-state index is 0.0354. The van der Waals surface area contributed by atoms with E-state index in [9.17, 15) is 4.79 Å². The van der Waals surface area contributed by atoms with Crippen molar-refractivity contribution < 1.29 is 9.21 Å². The number of carbonyl (C=O) groups is 1. The summed E-state index contributed by atoms with van der Waals surface area (Å²) >= 11 is 0. The van der Waals surface area contributed by atoms with Crippen LogP contribution in [0.5, 0.6) is 0 Å². The van der Waals surface area contributed by atoms with Crippen LogP contribution in [0.3, 0.4) is 0 Å². The molecule has 0 spiro atoms. The molecule has 0 atom stereocenters.